The summed E-state index contributed by atoms with van der Waals surface area (Å²) in [7, 11) is 3.64. The van der Waals surface area contributed by atoms with E-state index in [9.17, 15) is 13.2 Å². The van der Waals surface area contributed by atoms with Crippen molar-refractivity contribution in [3.05, 3.63) is 95.6 Å². The SMILES string of the molecule is COc1ccc(C(CCN(C)Cc2ccccc2)Oc2ccc(C(F)(F)F)cc2)cc1.O=C(O)C(=O)O.O=C(O)C(=O)O. The number of carboxylic acid groups (broad SMARTS) is 4. The van der Waals surface area contributed by atoms with Crippen molar-refractivity contribution in [2.24, 2.45) is 0 Å². The Hall–Kier alpha value is -5.11. The summed E-state index contributed by atoms with van der Waals surface area (Å²) in [6.07, 6.45) is -3.99. The Bertz CT molecular complexity index is 1270. The summed E-state index contributed by atoms with van der Waals surface area (Å²) in [5.41, 5.74) is 1.46. The molecule has 0 amide bonds. The van der Waals surface area contributed by atoms with Gasteiger partial charge in [-0.2, -0.15) is 13.2 Å². The molecule has 43 heavy (non-hydrogen) atoms. The van der Waals surface area contributed by atoms with E-state index >= 15 is 0 Å². The van der Waals surface area contributed by atoms with Crippen LogP contribution in [0.5, 0.6) is 11.5 Å². The molecule has 1 unspecified atom stereocenters. The van der Waals surface area contributed by atoms with Crippen LogP contribution in [0.2, 0.25) is 0 Å². The lowest BCUT2D eigenvalue weighted by molar-refractivity contribution is -0.159. The van der Waals surface area contributed by atoms with Gasteiger partial charge in [-0.25, -0.2) is 19.2 Å². The topological polar surface area (TPSA) is 171 Å². The molecule has 0 spiro atoms. The molecule has 0 heterocycles. The van der Waals surface area contributed by atoms with Crippen LogP contribution in [0, 0.1) is 0 Å². The monoisotopic (exact) mass is 609 g/mol. The summed E-state index contributed by atoms with van der Waals surface area (Å²) in [6.45, 7) is 1.56. The molecule has 232 valence electrons. The normalized spacial score (nSPS) is 11.1. The van der Waals surface area contributed by atoms with Crippen LogP contribution in [-0.4, -0.2) is 69.9 Å². The first kappa shape index (κ1) is 35.9. The summed E-state index contributed by atoms with van der Waals surface area (Å²) in [4.78, 5) is 38.6. The van der Waals surface area contributed by atoms with Gasteiger partial charge in [0.1, 0.15) is 17.6 Å². The molecule has 4 N–H and O–H groups in total. The summed E-state index contributed by atoms with van der Waals surface area (Å²) < 4.78 is 49.9. The van der Waals surface area contributed by atoms with Gasteiger partial charge >= 0.3 is 30.1 Å². The Morgan fingerprint density at radius 2 is 1.21 bits per heavy atom. The van der Waals surface area contributed by atoms with Gasteiger partial charge in [0.25, 0.3) is 0 Å². The van der Waals surface area contributed by atoms with Crippen molar-refractivity contribution in [2.45, 2.75) is 25.2 Å². The third-order valence-corrected chi connectivity index (χ3v) is 5.38. The van der Waals surface area contributed by atoms with Gasteiger partial charge in [-0.1, -0.05) is 42.5 Å². The van der Waals surface area contributed by atoms with Crippen LogP contribution in [-0.2, 0) is 31.9 Å². The van der Waals surface area contributed by atoms with Crippen molar-refractivity contribution < 1.29 is 62.2 Å². The Morgan fingerprint density at radius 1 is 0.744 bits per heavy atom. The average Bonchev–Trinajstić information content (AvgIpc) is 2.96. The van der Waals surface area contributed by atoms with E-state index in [1.807, 2.05) is 49.5 Å². The standard InChI is InChI=1S/C25H26F3NO2.2C2H2O4/c1-29(18-19-6-4-3-5-7-19)17-16-24(20-8-12-22(30-2)13-9-20)31-23-14-10-21(11-15-23)25(26,27)28;2*3-1(4)2(5)6/h3-15,24H,16-18H2,1-2H3;2*(H,3,4)(H,5,6). The molecule has 0 radical (unpaired) electrons. The van der Waals surface area contributed by atoms with E-state index in [0.29, 0.717) is 12.2 Å². The highest BCUT2D eigenvalue weighted by molar-refractivity contribution is 6.27. The van der Waals surface area contributed by atoms with Crippen LogP contribution in [0.15, 0.2) is 78.9 Å². The van der Waals surface area contributed by atoms with Crippen LogP contribution in [0.1, 0.15) is 29.2 Å². The molecule has 0 fully saturated rings. The molecule has 14 heteroatoms. The van der Waals surface area contributed by atoms with Crippen molar-refractivity contribution in [2.75, 3.05) is 20.7 Å². The second kappa shape index (κ2) is 17.6. The van der Waals surface area contributed by atoms with Crippen LogP contribution < -0.4 is 9.47 Å². The first-order chi connectivity index (χ1) is 20.1. The lowest BCUT2D eigenvalue weighted by Crippen LogP contribution is -2.22. The van der Waals surface area contributed by atoms with Gasteiger partial charge in [0.05, 0.1) is 12.7 Å². The molecule has 0 saturated carbocycles. The Balaban J connectivity index is 0.000000649. The molecule has 1 atom stereocenters. The van der Waals surface area contributed by atoms with Gasteiger partial charge in [-0.3, -0.25) is 0 Å². The molecular weight excluding hydrogens is 579 g/mol. The zero-order chi connectivity index (χ0) is 32.6. The van der Waals surface area contributed by atoms with Crippen LogP contribution in [0.3, 0.4) is 0 Å². The number of methoxy groups -OCH3 is 1. The molecule has 11 nitrogen and oxygen atoms in total. The van der Waals surface area contributed by atoms with Crippen LogP contribution in [0.25, 0.3) is 0 Å². The maximum Gasteiger partial charge on any atom is 0.416 e. The van der Waals surface area contributed by atoms with E-state index < -0.39 is 35.6 Å². The number of aliphatic carboxylic acids is 4. The summed E-state index contributed by atoms with van der Waals surface area (Å²) in [5.74, 6) is -6.16. The number of rotatable bonds is 9. The van der Waals surface area contributed by atoms with Crippen LogP contribution in [0.4, 0.5) is 13.2 Å². The molecule has 0 saturated heterocycles. The van der Waals surface area contributed by atoms with E-state index in [0.717, 1.165) is 36.5 Å². The van der Waals surface area contributed by atoms with Gasteiger partial charge in [0.2, 0.25) is 0 Å². The van der Waals surface area contributed by atoms with Crippen LogP contribution >= 0.6 is 0 Å². The van der Waals surface area contributed by atoms with Gasteiger partial charge in [0.15, 0.2) is 0 Å². The minimum absolute atomic E-state index is 0.305. The highest BCUT2D eigenvalue weighted by Crippen LogP contribution is 2.32. The number of halogens is 3. The predicted molar refractivity (Wildman–Crippen MR) is 146 cm³/mol. The second-order valence-corrected chi connectivity index (χ2v) is 8.63. The van der Waals surface area contributed by atoms with Crippen molar-refractivity contribution in [3.8, 4) is 11.5 Å². The summed E-state index contributed by atoms with van der Waals surface area (Å²) in [6, 6.07) is 22.5. The zero-order valence-corrected chi connectivity index (χ0v) is 23.0. The molecule has 0 aliphatic carbocycles. The zero-order valence-electron chi connectivity index (χ0n) is 23.0. The Labute approximate surface area is 244 Å². The fourth-order valence-corrected chi connectivity index (χ4v) is 3.31. The quantitative estimate of drug-likeness (QED) is 0.249. The molecule has 3 aromatic rings. The average molecular weight is 610 g/mol. The molecule has 0 aromatic heterocycles. The third-order valence-electron chi connectivity index (χ3n) is 5.38. The number of carbonyl (C=O) groups is 4. The number of ether oxygens (including phenoxy) is 2. The van der Waals surface area contributed by atoms with Gasteiger partial charge in [-0.05, 0) is 54.6 Å². The smallest absolute Gasteiger partial charge is 0.416 e. The summed E-state index contributed by atoms with van der Waals surface area (Å²) in [5, 5.41) is 29.6. The maximum atomic E-state index is 12.8. The molecule has 0 bridgehead atoms. The fourth-order valence-electron chi connectivity index (χ4n) is 3.31. The largest absolute Gasteiger partial charge is 0.497 e. The fraction of sp³-hybridized carbons (Fsp3) is 0.241. The Kier molecular flexibility index (Phi) is 14.7. The first-order valence-electron chi connectivity index (χ1n) is 12.3. The van der Waals surface area contributed by atoms with E-state index in [2.05, 4.69) is 17.0 Å². The predicted octanol–water partition coefficient (Wildman–Crippen LogP) is 4.67. The number of hydrogen-bond donors (Lipinski definition) is 4. The first-order valence-corrected chi connectivity index (χ1v) is 12.3. The third kappa shape index (κ3) is 14.4. The van der Waals surface area contributed by atoms with E-state index in [-0.39, 0.29) is 6.10 Å². The lowest BCUT2D eigenvalue weighted by Gasteiger charge is -2.24. The van der Waals surface area contributed by atoms with E-state index in [1.165, 1.54) is 17.7 Å². The van der Waals surface area contributed by atoms with E-state index in [4.69, 9.17) is 49.1 Å². The van der Waals surface area contributed by atoms with Crippen molar-refractivity contribution in [1.82, 2.24) is 4.90 Å². The lowest BCUT2D eigenvalue weighted by atomic mass is 10.1. The number of alkyl halides is 3. The number of nitrogens with zero attached hydrogens (tertiary/aromatic N) is 1. The molecule has 3 rings (SSSR count). The minimum atomic E-state index is -4.37. The second-order valence-electron chi connectivity index (χ2n) is 8.63. The van der Waals surface area contributed by atoms with Crippen molar-refractivity contribution in [3.63, 3.8) is 0 Å². The molecule has 0 aliphatic heterocycles. The maximum absolute atomic E-state index is 12.8. The van der Waals surface area contributed by atoms with Crippen molar-refractivity contribution >= 4 is 23.9 Å². The number of benzene rings is 3. The number of hydrogen-bond acceptors (Lipinski definition) is 7. The van der Waals surface area contributed by atoms with Gasteiger partial charge < -0.3 is 34.8 Å². The molecule has 3 aromatic carbocycles. The molecule has 0 aliphatic rings. The summed E-state index contributed by atoms with van der Waals surface area (Å²) >= 11 is 0. The van der Waals surface area contributed by atoms with Crippen molar-refractivity contribution in [1.29, 1.82) is 0 Å². The number of carboxylic acids is 4. The van der Waals surface area contributed by atoms with E-state index in [1.54, 1.807) is 7.11 Å². The Morgan fingerprint density at radius 3 is 1.63 bits per heavy atom. The van der Waals surface area contributed by atoms with Gasteiger partial charge in [-0.15, -0.1) is 0 Å². The highest BCUT2D eigenvalue weighted by atomic mass is 19.4. The minimum Gasteiger partial charge on any atom is -0.497 e. The molecular formula is C29H30F3NO10. The highest BCUT2D eigenvalue weighted by Gasteiger charge is 2.30. The van der Waals surface area contributed by atoms with Gasteiger partial charge in [0, 0.05) is 19.5 Å².